The molecule has 0 fully saturated rings. The van der Waals surface area contributed by atoms with Crippen LogP contribution in [0, 0.1) is 0 Å². The molecule has 0 spiro atoms. The maximum Gasteiger partial charge on any atom is 0.134 e. The summed E-state index contributed by atoms with van der Waals surface area (Å²) in [6, 6.07) is 10.1. The van der Waals surface area contributed by atoms with Gasteiger partial charge in [0.1, 0.15) is 5.78 Å². The lowest BCUT2D eigenvalue weighted by Crippen LogP contribution is -2.20. The van der Waals surface area contributed by atoms with Crippen molar-refractivity contribution in [3.05, 3.63) is 30.3 Å². The highest BCUT2D eigenvalue weighted by molar-refractivity contribution is 5.78. The Morgan fingerprint density at radius 1 is 1.20 bits per heavy atom. The van der Waals surface area contributed by atoms with E-state index in [1.165, 1.54) is 5.69 Å². The molecule has 0 aliphatic heterocycles. The van der Waals surface area contributed by atoms with Gasteiger partial charge in [-0.3, -0.25) is 4.79 Å². The molecule has 0 bridgehead atoms. The lowest BCUT2D eigenvalue weighted by Gasteiger charge is -2.18. The van der Waals surface area contributed by atoms with Crippen molar-refractivity contribution in [2.75, 3.05) is 18.5 Å². The Bertz CT molecular complexity index is 295. The fraction of sp³-hybridized carbons (Fsp3) is 0.462. The van der Waals surface area contributed by atoms with Gasteiger partial charge in [0, 0.05) is 32.1 Å². The van der Waals surface area contributed by atoms with Crippen LogP contribution in [-0.2, 0) is 4.79 Å². The van der Waals surface area contributed by atoms with Crippen molar-refractivity contribution in [3.8, 4) is 0 Å². The number of nitrogens with zero attached hydrogens (tertiary/aromatic N) is 1. The number of Topliss-reactive ketones (excluding diaryl/α,β-unsaturated/α-hetero) is 1. The van der Waals surface area contributed by atoms with Crippen molar-refractivity contribution in [3.63, 3.8) is 0 Å². The number of hydrogen-bond donors (Lipinski definition) is 0. The Morgan fingerprint density at radius 3 is 2.47 bits per heavy atom. The van der Waals surface area contributed by atoms with Crippen LogP contribution in [0.5, 0.6) is 0 Å². The summed E-state index contributed by atoms with van der Waals surface area (Å²) in [7, 11) is 2.02. The van der Waals surface area contributed by atoms with Crippen LogP contribution in [0.3, 0.4) is 0 Å². The fourth-order valence-electron chi connectivity index (χ4n) is 1.51. The van der Waals surface area contributed by atoms with E-state index < -0.39 is 0 Å². The van der Waals surface area contributed by atoms with Gasteiger partial charge in [-0.05, 0) is 18.6 Å². The van der Waals surface area contributed by atoms with Gasteiger partial charge in [-0.2, -0.15) is 0 Å². The molecule has 2 heteroatoms. The normalized spacial score (nSPS) is 10.0. The van der Waals surface area contributed by atoms with E-state index in [0.29, 0.717) is 18.6 Å². The second-order valence-corrected chi connectivity index (χ2v) is 3.80. The second kappa shape index (κ2) is 6.23. The van der Waals surface area contributed by atoms with E-state index in [2.05, 4.69) is 17.0 Å². The van der Waals surface area contributed by atoms with Crippen LogP contribution < -0.4 is 4.90 Å². The Morgan fingerprint density at radius 2 is 1.87 bits per heavy atom. The van der Waals surface area contributed by atoms with E-state index in [1.807, 2.05) is 32.2 Å². The highest BCUT2D eigenvalue weighted by atomic mass is 16.1. The number of carbonyl (C=O) groups excluding carboxylic acids is 1. The minimum atomic E-state index is 0.361. The van der Waals surface area contributed by atoms with Crippen LogP contribution in [0.4, 0.5) is 5.69 Å². The first-order valence-electron chi connectivity index (χ1n) is 5.52. The highest BCUT2D eigenvalue weighted by Crippen LogP contribution is 2.11. The Labute approximate surface area is 91.9 Å². The van der Waals surface area contributed by atoms with Gasteiger partial charge in [-0.15, -0.1) is 0 Å². The summed E-state index contributed by atoms with van der Waals surface area (Å²) < 4.78 is 0. The SMILES string of the molecule is CCCC(=O)CCN(C)c1ccccc1. The molecule has 0 aliphatic rings. The molecule has 0 amide bonds. The molecule has 1 rings (SSSR count). The summed E-state index contributed by atoms with van der Waals surface area (Å²) in [5.41, 5.74) is 1.17. The molecule has 0 radical (unpaired) electrons. The van der Waals surface area contributed by atoms with Crippen LogP contribution in [0.1, 0.15) is 26.2 Å². The zero-order chi connectivity index (χ0) is 11.1. The van der Waals surface area contributed by atoms with Gasteiger partial charge in [0.25, 0.3) is 0 Å². The minimum Gasteiger partial charge on any atom is -0.374 e. The molecular weight excluding hydrogens is 186 g/mol. The molecule has 1 aromatic rings. The van der Waals surface area contributed by atoms with Crippen molar-refractivity contribution < 1.29 is 4.79 Å². The van der Waals surface area contributed by atoms with Gasteiger partial charge in [0.05, 0.1) is 0 Å². The van der Waals surface area contributed by atoms with Gasteiger partial charge in [-0.1, -0.05) is 25.1 Å². The maximum atomic E-state index is 11.4. The average Bonchev–Trinajstić information content (AvgIpc) is 2.27. The molecular formula is C13H19NO. The first-order valence-corrected chi connectivity index (χ1v) is 5.52. The van der Waals surface area contributed by atoms with E-state index in [4.69, 9.17) is 0 Å². The Balaban J connectivity index is 2.37. The molecule has 0 aromatic heterocycles. The lowest BCUT2D eigenvalue weighted by atomic mass is 10.1. The number of anilines is 1. The quantitative estimate of drug-likeness (QED) is 0.711. The van der Waals surface area contributed by atoms with Gasteiger partial charge >= 0.3 is 0 Å². The van der Waals surface area contributed by atoms with E-state index in [0.717, 1.165) is 13.0 Å². The molecule has 0 saturated carbocycles. The number of rotatable bonds is 6. The molecule has 0 saturated heterocycles. The number of hydrogen-bond acceptors (Lipinski definition) is 2. The molecule has 82 valence electrons. The summed E-state index contributed by atoms with van der Waals surface area (Å²) in [4.78, 5) is 13.5. The number of para-hydroxylation sites is 1. The monoisotopic (exact) mass is 205 g/mol. The molecule has 0 aliphatic carbocycles. The standard InChI is InChI=1S/C13H19NO/c1-3-7-13(15)10-11-14(2)12-8-5-4-6-9-12/h4-6,8-9H,3,7,10-11H2,1-2H3. The molecule has 0 atom stereocenters. The van der Waals surface area contributed by atoms with Gasteiger partial charge < -0.3 is 4.90 Å². The first kappa shape index (κ1) is 11.8. The van der Waals surface area contributed by atoms with Crippen molar-refractivity contribution in [1.29, 1.82) is 0 Å². The smallest absolute Gasteiger partial charge is 0.134 e. The largest absolute Gasteiger partial charge is 0.374 e. The Hall–Kier alpha value is -1.31. The maximum absolute atomic E-state index is 11.4. The highest BCUT2D eigenvalue weighted by Gasteiger charge is 2.03. The zero-order valence-corrected chi connectivity index (χ0v) is 9.57. The van der Waals surface area contributed by atoms with Crippen molar-refractivity contribution >= 4 is 11.5 Å². The third kappa shape index (κ3) is 4.15. The number of benzene rings is 1. The summed E-state index contributed by atoms with van der Waals surface area (Å²) in [6.07, 6.45) is 2.32. The molecule has 0 N–H and O–H groups in total. The predicted octanol–water partition coefficient (Wildman–Crippen LogP) is 2.88. The van der Waals surface area contributed by atoms with Crippen LogP contribution in [0.25, 0.3) is 0 Å². The van der Waals surface area contributed by atoms with E-state index in [-0.39, 0.29) is 0 Å². The van der Waals surface area contributed by atoms with Gasteiger partial charge in [-0.25, -0.2) is 0 Å². The van der Waals surface area contributed by atoms with Gasteiger partial charge in [0.15, 0.2) is 0 Å². The number of carbonyl (C=O) groups is 1. The zero-order valence-electron chi connectivity index (χ0n) is 9.57. The Kier molecular flexibility index (Phi) is 4.88. The summed E-state index contributed by atoms with van der Waals surface area (Å²) >= 11 is 0. The summed E-state index contributed by atoms with van der Waals surface area (Å²) in [5, 5.41) is 0. The minimum absolute atomic E-state index is 0.361. The lowest BCUT2D eigenvalue weighted by molar-refractivity contribution is -0.118. The van der Waals surface area contributed by atoms with Crippen LogP contribution in [0.15, 0.2) is 30.3 Å². The molecule has 15 heavy (non-hydrogen) atoms. The van der Waals surface area contributed by atoms with Crippen LogP contribution >= 0.6 is 0 Å². The fourth-order valence-corrected chi connectivity index (χ4v) is 1.51. The molecule has 2 nitrogen and oxygen atoms in total. The molecule has 0 heterocycles. The third-order valence-corrected chi connectivity index (χ3v) is 2.45. The van der Waals surface area contributed by atoms with E-state index in [1.54, 1.807) is 0 Å². The molecule has 1 aromatic carbocycles. The van der Waals surface area contributed by atoms with Gasteiger partial charge in [0.2, 0.25) is 0 Å². The van der Waals surface area contributed by atoms with E-state index >= 15 is 0 Å². The van der Waals surface area contributed by atoms with Crippen molar-refractivity contribution in [2.24, 2.45) is 0 Å². The average molecular weight is 205 g/mol. The van der Waals surface area contributed by atoms with Crippen molar-refractivity contribution in [1.82, 2.24) is 0 Å². The van der Waals surface area contributed by atoms with Crippen LogP contribution in [0.2, 0.25) is 0 Å². The summed E-state index contributed by atoms with van der Waals surface area (Å²) in [5.74, 6) is 0.361. The molecule has 0 unspecified atom stereocenters. The summed E-state index contributed by atoms with van der Waals surface area (Å²) in [6.45, 7) is 2.85. The third-order valence-electron chi connectivity index (χ3n) is 2.45. The van der Waals surface area contributed by atoms with Crippen molar-refractivity contribution in [2.45, 2.75) is 26.2 Å². The topological polar surface area (TPSA) is 20.3 Å². The second-order valence-electron chi connectivity index (χ2n) is 3.80. The van der Waals surface area contributed by atoms with E-state index in [9.17, 15) is 4.79 Å². The number of ketones is 1. The predicted molar refractivity (Wildman–Crippen MR) is 64.2 cm³/mol. The first-order chi connectivity index (χ1) is 7.24. The van der Waals surface area contributed by atoms with Crippen LogP contribution in [-0.4, -0.2) is 19.4 Å².